The van der Waals surface area contributed by atoms with Gasteiger partial charge < -0.3 is 25.2 Å². The number of ether oxygens (including phenoxy) is 1. The molecule has 3 N–H and O–H groups in total. The molecule has 1 amide bonds. The van der Waals surface area contributed by atoms with E-state index in [9.17, 15) is 15.0 Å². The molecule has 1 aliphatic heterocycles. The van der Waals surface area contributed by atoms with Gasteiger partial charge in [-0.05, 0) is 43.5 Å². The van der Waals surface area contributed by atoms with Crippen LogP contribution in [-0.2, 0) is 4.79 Å². The lowest BCUT2D eigenvalue weighted by molar-refractivity contribution is -0.141. The Bertz CT molecular complexity index is 598. The summed E-state index contributed by atoms with van der Waals surface area (Å²) in [6, 6.07) is 7.67. The third-order valence-electron chi connectivity index (χ3n) is 5.81. The molecule has 1 aromatic rings. The van der Waals surface area contributed by atoms with Crippen LogP contribution in [0.15, 0.2) is 24.3 Å². The molecule has 6 nitrogen and oxygen atoms in total. The van der Waals surface area contributed by atoms with Gasteiger partial charge in [-0.2, -0.15) is 0 Å². The topological polar surface area (TPSA) is 82.0 Å². The Morgan fingerprint density at radius 3 is 2.58 bits per heavy atom. The zero-order chi connectivity index (χ0) is 18.6. The summed E-state index contributed by atoms with van der Waals surface area (Å²) >= 11 is 0. The molecule has 0 radical (unpaired) electrons. The van der Waals surface area contributed by atoms with Gasteiger partial charge >= 0.3 is 0 Å². The number of hydrogen-bond acceptors (Lipinski definition) is 5. The molecule has 1 saturated carbocycles. The average Bonchev–Trinajstić information content (AvgIpc) is 2.69. The van der Waals surface area contributed by atoms with Crippen LogP contribution in [-0.4, -0.2) is 59.5 Å². The van der Waals surface area contributed by atoms with Crippen molar-refractivity contribution in [3.63, 3.8) is 0 Å². The smallest absolute Gasteiger partial charge is 0.248 e. The molecule has 1 aromatic carbocycles. The van der Waals surface area contributed by atoms with E-state index < -0.39 is 11.6 Å². The molecule has 1 saturated heterocycles. The van der Waals surface area contributed by atoms with Crippen molar-refractivity contribution >= 4 is 11.6 Å². The summed E-state index contributed by atoms with van der Waals surface area (Å²) in [6.45, 7) is 0.870. The van der Waals surface area contributed by atoms with Crippen molar-refractivity contribution < 1.29 is 19.7 Å². The van der Waals surface area contributed by atoms with E-state index in [2.05, 4.69) is 5.32 Å². The number of nitrogens with zero attached hydrogens (tertiary/aromatic N) is 1. The lowest BCUT2D eigenvalue weighted by Crippen LogP contribution is -2.58. The highest BCUT2D eigenvalue weighted by Gasteiger charge is 2.44. The van der Waals surface area contributed by atoms with Crippen molar-refractivity contribution in [1.82, 2.24) is 4.90 Å². The Labute approximate surface area is 155 Å². The van der Waals surface area contributed by atoms with Gasteiger partial charge in [0.05, 0.1) is 19.8 Å². The third-order valence-corrected chi connectivity index (χ3v) is 5.81. The third kappa shape index (κ3) is 3.96. The molecule has 1 aliphatic carbocycles. The molecule has 1 heterocycles. The summed E-state index contributed by atoms with van der Waals surface area (Å²) in [5.41, 5.74) is 0.312. The van der Waals surface area contributed by atoms with Crippen LogP contribution in [0.1, 0.15) is 38.5 Å². The maximum absolute atomic E-state index is 13.4. The Hall–Kier alpha value is -1.79. The van der Waals surface area contributed by atoms with Gasteiger partial charge in [0.2, 0.25) is 5.91 Å². The van der Waals surface area contributed by atoms with Gasteiger partial charge in [-0.25, -0.2) is 0 Å². The number of methoxy groups -OCH3 is 1. The zero-order valence-corrected chi connectivity index (χ0v) is 15.5. The van der Waals surface area contributed by atoms with Crippen molar-refractivity contribution in [3.8, 4) is 5.75 Å². The SMILES string of the molecule is COc1ccc(NC2(C(=O)N3CC[C@@H](O)[C@@H](CO)C3)CCCCC2)cc1. The molecule has 2 fully saturated rings. The molecule has 0 unspecified atom stereocenters. The van der Waals surface area contributed by atoms with Gasteiger partial charge in [-0.3, -0.25) is 4.79 Å². The predicted molar refractivity (Wildman–Crippen MR) is 100 cm³/mol. The summed E-state index contributed by atoms with van der Waals surface area (Å²) in [5.74, 6) is 0.628. The second-order valence-corrected chi connectivity index (χ2v) is 7.55. The van der Waals surface area contributed by atoms with Crippen molar-refractivity contribution in [3.05, 3.63) is 24.3 Å². The Morgan fingerprint density at radius 1 is 1.27 bits per heavy atom. The number of benzene rings is 1. The van der Waals surface area contributed by atoms with E-state index in [1.165, 1.54) is 0 Å². The summed E-state index contributed by atoms with van der Waals surface area (Å²) < 4.78 is 5.21. The van der Waals surface area contributed by atoms with Crippen LogP contribution in [0, 0.1) is 5.92 Å². The van der Waals surface area contributed by atoms with E-state index in [1.54, 1.807) is 7.11 Å². The minimum absolute atomic E-state index is 0.0934. The molecule has 0 bridgehead atoms. The molecule has 144 valence electrons. The van der Waals surface area contributed by atoms with Crippen molar-refractivity contribution in [1.29, 1.82) is 0 Å². The fraction of sp³-hybridized carbons (Fsp3) is 0.650. The van der Waals surface area contributed by atoms with Gasteiger partial charge in [0.15, 0.2) is 0 Å². The van der Waals surface area contributed by atoms with Crippen molar-refractivity contribution in [2.45, 2.75) is 50.2 Å². The second kappa shape index (κ2) is 8.27. The lowest BCUT2D eigenvalue weighted by Gasteiger charge is -2.44. The fourth-order valence-electron chi connectivity index (χ4n) is 4.18. The molecule has 0 aromatic heterocycles. The first-order valence-electron chi connectivity index (χ1n) is 9.58. The summed E-state index contributed by atoms with van der Waals surface area (Å²) in [7, 11) is 1.64. The number of hydrogen-bond donors (Lipinski definition) is 3. The molecular weight excluding hydrogens is 332 g/mol. The molecular formula is C20H30N2O4. The highest BCUT2D eigenvalue weighted by atomic mass is 16.5. The monoisotopic (exact) mass is 362 g/mol. The minimum Gasteiger partial charge on any atom is -0.497 e. The number of likely N-dealkylation sites (tertiary alicyclic amines) is 1. The lowest BCUT2D eigenvalue weighted by atomic mass is 9.79. The molecule has 2 aliphatic rings. The van der Waals surface area contributed by atoms with Crippen LogP contribution in [0.25, 0.3) is 0 Å². The molecule has 6 heteroatoms. The van der Waals surface area contributed by atoms with Crippen LogP contribution >= 0.6 is 0 Å². The first-order valence-corrected chi connectivity index (χ1v) is 9.58. The molecule has 2 atom stereocenters. The molecule has 0 spiro atoms. The second-order valence-electron chi connectivity index (χ2n) is 7.55. The Morgan fingerprint density at radius 2 is 1.96 bits per heavy atom. The number of aliphatic hydroxyl groups excluding tert-OH is 2. The average molecular weight is 362 g/mol. The number of carbonyl (C=O) groups excluding carboxylic acids is 1. The van der Waals surface area contributed by atoms with Crippen LogP contribution in [0.5, 0.6) is 5.75 Å². The van der Waals surface area contributed by atoms with E-state index in [-0.39, 0.29) is 18.4 Å². The number of rotatable bonds is 5. The van der Waals surface area contributed by atoms with Crippen LogP contribution in [0.3, 0.4) is 0 Å². The van der Waals surface area contributed by atoms with Gasteiger partial charge in [-0.15, -0.1) is 0 Å². The number of anilines is 1. The maximum atomic E-state index is 13.4. The summed E-state index contributed by atoms with van der Waals surface area (Å²) in [6.07, 6.45) is 4.80. The molecule has 26 heavy (non-hydrogen) atoms. The van der Waals surface area contributed by atoms with E-state index in [1.807, 2.05) is 29.2 Å². The van der Waals surface area contributed by atoms with Crippen LogP contribution in [0.4, 0.5) is 5.69 Å². The van der Waals surface area contributed by atoms with E-state index in [0.717, 1.165) is 43.5 Å². The Kier molecular flexibility index (Phi) is 6.04. The van der Waals surface area contributed by atoms with Gasteiger partial charge in [0, 0.05) is 24.7 Å². The Balaban J connectivity index is 1.78. The maximum Gasteiger partial charge on any atom is 0.248 e. The normalized spacial score (nSPS) is 25.6. The predicted octanol–water partition coefficient (Wildman–Crippen LogP) is 2.01. The quantitative estimate of drug-likeness (QED) is 0.746. The first-order chi connectivity index (χ1) is 12.6. The van der Waals surface area contributed by atoms with Gasteiger partial charge in [0.1, 0.15) is 11.3 Å². The fourth-order valence-corrected chi connectivity index (χ4v) is 4.18. The van der Waals surface area contributed by atoms with Crippen LogP contribution in [0.2, 0.25) is 0 Å². The van der Waals surface area contributed by atoms with Crippen molar-refractivity contribution in [2.75, 3.05) is 32.1 Å². The van der Waals surface area contributed by atoms with E-state index >= 15 is 0 Å². The number of piperidine rings is 1. The number of nitrogens with one attached hydrogen (secondary N) is 1. The van der Waals surface area contributed by atoms with Crippen LogP contribution < -0.4 is 10.1 Å². The summed E-state index contributed by atoms with van der Waals surface area (Å²) in [4.78, 5) is 15.3. The van der Waals surface area contributed by atoms with Gasteiger partial charge in [0.25, 0.3) is 0 Å². The van der Waals surface area contributed by atoms with Gasteiger partial charge in [-0.1, -0.05) is 19.3 Å². The largest absolute Gasteiger partial charge is 0.497 e. The zero-order valence-electron chi connectivity index (χ0n) is 15.5. The number of amides is 1. The first kappa shape index (κ1) is 19.0. The number of carbonyl (C=O) groups is 1. The van der Waals surface area contributed by atoms with E-state index in [4.69, 9.17) is 4.74 Å². The summed E-state index contributed by atoms with van der Waals surface area (Å²) in [5, 5.41) is 23.0. The highest BCUT2D eigenvalue weighted by Crippen LogP contribution is 2.35. The van der Waals surface area contributed by atoms with E-state index in [0.29, 0.717) is 19.5 Å². The van der Waals surface area contributed by atoms with Crippen molar-refractivity contribution in [2.24, 2.45) is 5.92 Å². The minimum atomic E-state index is -0.602. The number of aliphatic hydroxyl groups is 2. The highest BCUT2D eigenvalue weighted by molar-refractivity contribution is 5.89. The molecule has 3 rings (SSSR count). The standard InChI is InChI=1S/C20H30N2O4/c1-26-17-7-5-16(6-8-17)21-20(10-3-2-4-11-20)19(25)22-12-9-18(24)15(13-22)14-23/h5-8,15,18,21,23-24H,2-4,9-14H2,1H3/t15-,18-/m1/s1.